The fourth-order valence-corrected chi connectivity index (χ4v) is 4.01. The third kappa shape index (κ3) is 2.89. The van der Waals surface area contributed by atoms with Gasteiger partial charge in [-0.25, -0.2) is 4.79 Å². The summed E-state index contributed by atoms with van der Waals surface area (Å²) in [6.07, 6.45) is 1.54. The van der Waals surface area contributed by atoms with Gasteiger partial charge in [-0.05, 0) is 18.1 Å². The van der Waals surface area contributed by atoms with Crippen LogP contribution in [0.2, 0.25) is 0 Å². The molecule has 9 heteroatoms. The number of imidazole rings is 1. The lowest BCUT2D eigenvalue weighted by Gasteiger charge is -2.33. The van der Waals surface area contributed by atoms with Gasteiger partial charge in [-0.15, -0.1) is 6.58 Å². The molecule has 0 aliphatic carbocycles. The third-order valence-corrected chi connectivity index (χ3v) is 5.43. The molecule has 0 unspecified atom stereocenters. The molecule has 3 aromatic rings. The molecule has 1 aliphatic rings. The minimum absolute atomic E-state index is 0.146. The first-order valence-electron chi connectivity index (χ1n) is 9.71. The van der Waals surface area contributed by atoms with Crippen molar-refractivity contribution in [2.24, 2.45) is 13.0 Å². The Kier molecular flexibility index (Phi) is 4.89. The lowest BCUT2D eigenvalue weighted by molar-refractivity contribution is 0.392. The number of aryl methyl sites for hydroxylation is 1. The van der Waals surface area contributed by atoms with E-state index in [0.717, 1.165) is 5.69 Å². The van der Waals surface area contributed by atoms with Crippen molar-refractivity contribution in [3.8, 4) is 11.5 Å². The molecule has 1 aromatic carbocycles. The number of rotatable bonds is 5. The van der Waals surface area contributed by atoms with Crippen LogP contribution in [0.3, 0.4) is 0 Å². The molecule has 0 amide bonds. The van der Waals surface area contributed by atoms with Crippen LogP contribution < -0.4 is 25.6 Å². The molecule has 0 N–H and O–H groups in total. The summed E-state index contributed by atoms with van der Waals surface area (Å²) >= 11 is 0. The number of hydrogen-bond donors (Lipinski definition) is 0. The molecule has 3 heterocycles. The number of allylic oxidation sites excluding steroid dienone is 1. The summed E-state index contributed by atoms with van der Waals surface area (Å²) in [5.74, 6) is 2.17. The van der Waals surface area contributed by atoms with E-state index in [1.54, 1.807) is 27.3 Å². The van der Waals surface area contributed by atoms with Gasteiger partial charge in [0.15, 0.2) is 11.2 Å². The summed E-state index contributed by atoms with van der Waals surface area (Å²) in [5, 5.41) is 0. The van der Waals surface area contributed by atoms with Crippen molar-refractivity contribution in [1.82, 2.24) is 18.7 Å². The number of nitrogens with zero attached hydrogens (tertiary/aromatic N) is 5. The van der Waals surface area contributed by atoms with Gasteiger partial charge in [0.05, 0.1) is 19.9 Å². The predicted octanol–water partition coefficient (Wildman–Crippen LogP) is 1.89. The zero-order chi connectivity index (χ0) is 21.6. The molecule has 4 rings (SSSR count). The molecule has 0 spiro atoms. The van der Waals surface area contributed by atoms with Crippen molar-refractivity contribution in [2.45, 2.75) is 20.0 Å². The largest absolute Gasteiger partial charge is 0.497 e. The fraction of sp³-hybridized carbons (Fsp3) is 0.381. The second-order valence-electron chi connectivity index (χ2n) is 7.49. The molecule has 0 bridgehead atoms. The van der Waals surface area contributed by atoms with Crippen LogP contribution in [0.25, 0.3) is 11.2 Å². The number of methoxy groups -OCH3 is 2. The molecule has 0 saturated heterocycles. The topological polar surface area (TPSA) is 83.5 Å². The Hall–Kier alpha value is -3.49. The van der Waals surface area contributed by atoms with E-state index in [-0.39, 0.29) is 18.0 Å². The highest BCUT2D eigenvalue weighted by molar-refractivity contribution is 5.78. The minimum Gasteiger partial charge on any atom is -0.497 e. The standard InChI is InChI=1S/C21H25N5O4/c1-6-9-24-19(27)17-18(23(3)21(24)28)22-20-25(11-13(2)12-26(17)20)15-8-7-14(29-4)10-16(15)30-5/h6-8,10,13H,1,9,11-12H2,2-5H3/t13-/m0/s1. The monoisotopic (exact) mass is 411 g/mol. The maximum absolute atomic E-state index is 13.2. The molecule has 158 valence electrons. The Morgan fingerprint density at radius 3 is 2.67 bits per heavy atom. The van der Waals surface area contributed by atoms with E-state index >= 15 is 0 Å². The van der Waals surface area contributed by atoms with Gasteiger partial charge in [0, 0.05) is 32.7 Å². The van der Waals surface area contributed by atoms with E-state index in [1.165, 1.54) is 9.13 Å². The summed E-state index contributed by atoms with van der Waals surface area (Å²) < 4.78 is 15.4. The highest BCUT2D eigenvalue weighted by Crippen LogP contribution is 2.39. The molecule has 1 atom stereocenters. The van der Waals surface area contributed by atoms with Crippen molar-refractivity contribution in [1.29, 1.82) is 0 Å². The van der Waals surface area contributed by atoms with Crippen LogP contribution in [0.15, 0.2) is 40.4 Å². The van der Waals surface area contributed by atoms with Crippen molar-refractivity contribution >= 4 is 22.8 Å². The van der Waals surface area contributed by atoms with Gasteiger partial charge in [0.1, 0.15) is 11.5 Å². The van der Waals surface area contributed by atoms with Crippen LogP contribution in [0.1, 0.15) is 6.92 Å². The Bertz CT molecular complexity index is 1250. The zero-order valence-corrected chi connectivity index (χ0v) is 17.6. The van der Waals surface area contributed by atoms with E-state index in [2.05, 4.69) is 13.5 Å². The summed E-state index contributed by atoms with van der Waals surface area (Å²) in [6.45, 7) is 7.24. The highest BCUT2D eigenvalue weighted by atomic mass is 16.5. The van der Waals surface area contributed by atoms with Gasteiger partial charge < -0.3 is 18.9 Å². The molecular formula is C21H25N5O4. The number of ether oxygens (including phenoxy) is 2. The van der Waals surface area contributed by atoms with Gasteiger partial charge in [-0.1, -0.05) is 13.0 Å². The zero-order valence-electron chi connectivity index (χ0n) is 17.6. The normalized spacial score (nSPS) is 15.9. The SMILES string of the molecule is C=CCn1c(=O)c2c(nc3n2C[C@@H](C)CN3c2ccc(OC)cc2OC)n(C)c1=O. The molecule has 2 aromatic heterocycles. The Morgan fingerprint density at radius 1 is 1.23 bits per heavy atom. The lowest BCUT2D eigenvalue weighted by Crippen LogP contribution is -2.40. The number of benzene rings is 1. The van der Waals surface area contributed by atoms with Gasteiger partial charge in [0.25, 0.3) is 5.56 Å². The first-order valence-corrected chi connectivity index (χ1v) is 9.71. The second kappa shape index (κ2) is 7.40. The highest BCUT2D eigenvalue weighted by Gasteiger charge is 2.31. The number of aromatic nitrogens is 4. The van der Waals surface area contributed by atoms with E-state index in [0.29, 0.717) is 41.7 Å². The maximum atomic E-state index is 13.2. The summed E-state index contributed by atoms with van der Waals surface area (Å²) in [6, 6.07) is 5.58. The summed E-state index contributed by atoms with van der Waals surface area (Å²) in [7, 11) is 4.84. The number of anilines is 2. The number of fused-ring (bicyclic) bond motifs is 3. The predicted molar refractivity (Wildman–Crippen MR) is 115 cm³/mol. The maximum Gasteiger partial charge on any atom is 0.332 e. The van der Waals surface area contributed by atoms with E-state index in [1.807, 2.05) is 27.7 Å². The molecule has 1 aliphatic heterocycles. The van der Waals surface area contributed by atoms with Gasteiger partial charge >= 0.3 is 5.69 Å². The van der Waals surface area contributed by atoms with Crippen molar-refractivity contribution in [3.05, 3.63) is 51.7 Å². The minimum atomic E-state index is -0.413. The first kappa shape index (κ1) is 19.8. The van der Waals surface area contributed by atoms with Gasteiger partial charge in [-0.2, -0.15) is 4.98 Å². The van der Waals surface area contributed by atoms with Crippen LogP contribution in [0, 0.1) is 5.92 Å². The Morgan fingerprint density at radius 2 is 2.00 bits per heavy atom. The lowest BCUT2D eigenvalue weighted by atomic mass is 10.1. The van der Waals surface area contributed by atoms with Crippen molar-refractivity contribution in [2.75, 3.05) is 25.7 Å². The van der Waals surface area contributed by atoms with Crippen LogP contribution in [-0.2, 0) is 20.1 Å². The first-order chi connectivity index (χ1) is 14.4. The Labute approximate surface area is 173 Å². The quantitative estimate of drug-likeness (QED) is 0.596. The van der Waals surface area contributed by atoms with Crippen molar-refractivity contribution < 1.29 is 9.47 Å². The van der Waals surface area contributed by atoms with Crippen LogP contribution >= 0.6 is 0 Å². The van der Waals surface area contributed by atoms with E-state index < -0.39 is 5.69 Å². The van der Waals surface area contributed by atoms with Gasteiger partial charge in [0.2, 0.25) is 5.95 Å². The van der Waals surface area contributed by atoms with E-state index in [4.69, 9.17) is 14.5 Å². The van der Waals surface area contributed by atoms with Crippen LogP contribution in [0.5, 0.6) is 11.5 Å². The van der Waals surface area contributed by atoms with Crippen LogP contribution in [-0.4, -0.2) is 39.4 Å². The fourth-order valence-electron chi connectivity index (χ4n) is 4.01. The molecule has 0 radical (unpaired) electrons. The summed E-state index contributed by atoms with van der Waals surface area (Å²) in [5.41, 5.74) is 0.828. The second-order valence-corrected chi connectivity index (χ2v) is 7.49. The molecule has 0 fully saturated rings. The molecule has 9 nitrogen and oxygen atoms in total. The average molecular weight is 411 g/mol. The van der Waals surface area contributed by atoms with Crippen LogP contribution in [0.4, 0.5) is 11.6 Å². The van der Waals surface area contributed by atoms with Gasteiger partial charge in [-0.3, -0.25) is 13.9 Å². The van der Waals surface area contributed by atoms with E-state index in [9.17, 15) is 9.59 Å². The summed E-state index contributed by atoms with van der Waals surface area (Å²) in [4.78, 5) is 32.6. The smallest absolute Gasteiger partial charge is 0.332 e. The Balaban J connectivity index is 2.00. The molecule has 0 saturated carbocycles. The third-order valence-electron chi connectivity index (χ3n) is 5.43. The van der Waals surface area contributed by atoms with Crippen molar-refractivity contribution in [3.63, 3.8) is 0 Å². The number of hydrogen-bond acceptors (Lipinski definition) is 6. The molecular weight excluding hydrogens is 386 g/mol. The average Bonchev–Trinajstić information content (AvgIpc) is 3.13. The molecule has 30 heavy (non-hydrogen) atoms.